The van der Waals surface area contributed by atoms with Crippen LogP contribution in [-0.2, 0) is 98.0 Å². The molecule has 0 amide bonds. The standard InChI is InChI=1S/C21H22ClF3O4S.C20H20ClF3O4S.C19H18ClF3O4S.C10H9F3O2.C9H9ClO2S.H2/c1-3-28-17(12-29-16-7-5-15(6-8-16)21(23,24)25)13-30-19-9-4-14(10-18(19)22)11-20(26)27-2;1-2-27-16(11-28-15-6-4-14(5-7-15)20(22,23)24)12-29-18-8-3-13(9-17(18)21)10-19(25)26;1-26-18(25)9-12-2-7-17(16(20)8-12)28-11-14(24)10-27-15-5-3-13(4-6-15)19(21,22)23;11-10(12,13)7-1-3-8(4-2-7)14-5-9-6-15-9;1-12-9(11)5-6-2-3-8(13)7(10)4-6;/h4-10,17H,3,11-13H2,1-2H3;3-9,16H,2,10-12H2,1H3,(H,25,26);2-8,14,24H,9-11H2,1H3;1-4,9H,5-6H2;2-4,13H,5H2,1H3;1H. The molecule has 0 spiro atoms. The molecule has 2 N–H and O–H groups in total. The maximum atomic E-state index is 12.6. The first-order valence-electron chi connectivity index (χ1n) is 34.2. The van der Waals surface area contributed by atoms with Crippen molar-refractivity contribution < 1.29 is 131 Å². The number of halogens is 16. The van der Waals surface area contributed by atoms with Crippen molar-refractivity contribution in [3.05, 3.63) is 234 Å². The molecule has 1 saturated heterocycles. The van der Waals surface area contributed by atoms with Gasteiger partial charge in [-0.1, -0.05) is 70.7 Å². The monoisotopic (exact) mass is 1780 g/mol. The van der Waals surface area contributed by atoms with Crippen LogP contribution in [0.15, 0.2) is 189 Å². The average molecular weight is 1780 g/mol. The first kappa shape index (κ1) is 98.0. The summed E-state index contributed by atoms with van der Waals surface area (Å²) in [6, 6.07) is 38.8. The molecular formula is C79H80Cl4F12O16S4. The lowest BCUT2D eigenvalue weighted by molar-refractivity contribution is -0.140. The van der Waals surface area contributed by atoms with Gasteiger partial charge in [-0.3, -0.25) is 19.2 Å². The minimum absolute atomic E-state index is 0. The molecule has 0 saturated carbocycles. The Balaban J connectivity index is 0.000000314. The zero-order valence-corrected chi connectivity index (χ0v) is 68.1. The zero-order valence-electron chi connectivity index (χ0n) is 61.7. The molecule has 0 radical (unpaired) electrons. The van der Waals surface area contributed by atoms with Crippen molar-refractivity contribution in [1.29, 1.82) is 0 Å². The van der Waals surface area contributed by atoms with Crippen molar-refractivity contribution >= 4 is 118 Å². The van der Waals surface area contributed by atoms with Gasteiger partial charge in [-0.25, -0.2) is 0 Å². The summed E-state index contributed by atoms with van der Waals surface area (Å²) in [4.78, 5) is 47.3. The summed E-state index contributed by atoms with van der Waals surface area (Å²) >= 11 is 32.8. The maximum Gasteiger partial charge on any atom is 0.416 e. The molecule has 1 fully saturated rings. The Morgan fingerprint density at radius 2 is 0.730 bits per heavy atom. The summed E-state index contributed by atoms with van der Waals surface area (Å²) in [6.45, 7) is 5.95. The van der Waals surface area contributed by atoms with Crippen LogP contribution in [0.25, 0.3) is 0 Å². The van der Waals surface area contributed by atoms with Gasteiger partial charge in [0.25, 0.3) is 0 Å². The lowest BCUT2D eigenvalue weighted by Crippen LogP contribution is -2.24. The van der Waals surface area contributed by atoms with Gasteiger partial charge in [0.15, 0.2) is 0 Å². The van der Waals surface area contributed by atoms with Gasteiger partial charge in [0.1, 0.15) is 67.7 Å². The number of carbonyl (C=O) groups is 4. The van der Waals surface area contributed by atoms with E-state index in [1.165, 1.54) is 105 Å². The van der Waals surface area contributed by atoms with E-state index in [2.05, 4.69) is 26.8 Å². The Labute approximate surface area is 695 Å². The first-order chi connectivity index (χ1) is 54.3. The van der Waals surface area contributed by atoms with Crippen molar-refractivity contribution in [2.24, 2.45) is 0 Å². The molecular weight excluding hydrogens is 1700 g/mol. The van der Waals surface area contributed by atoms with E-state index in [4.69, 9.17) is 84.7 Å². The number of aliphatic hydroxyl groups is 1. The number of carbonyl (C=O) groups excluding carboxylic acids is 3. The molecule has 8 aromatic carbocycles. The fourth-order valence-corrected chi connectivity index (χ4v) is 13.2. The van der Waals surface area contributed by atoms with Gasteiger partial charge < -0.3 is 57.6 Å². The number of esters is 3. The quantitative estimate of drug-likeness (QED) is 0.00874. The van der Waals surface area contributed by atoms with E-state index >= 15 is 0 Å². The lowest BCUT2D eigenvalue weighted by atomic mass is 10.1. The number of ether oxygens (including phenoxy) is 10. The van der Waals surface area contributed by atoms with Gasteiger partial charge in [-0.2, -0.15) is 52.7 Å². The summed E-state index contributed by atoms with van der Waals surface area (Å²) in [5.41, 5.74) is 0.0163. The molecule has 4 atom stereocenters. The Morgan fingerprint density at radius 1 is 0.443 bits per heavy atom. The highest BCUT2D eigenvalue weighted by molar-refractivity contribution is 8.00. The minimum Gasteiger partial charge on any atom is -0.491 e. The Morgan fingerprint density at radius 3 is 1.01 bits per heavy atom. The third-order valence-corrected chi connectivity index (χ3v) is 20.8. The summed E-state index contributed by atoms with van der Waals surface area (Å²) in [7, 11) is 3.99. The molecule has 628 valence electrons. The SMILES string of the molecule is CCOC(COc1ccc(C(F)(F)F)cc1)CSc1ccc(CC(=O)O)cc1Cl.CCOC(COc1ccc(C(F)(F)F)cc1)CSc1ccc(CC(=O)OC)cc1Cl.COC(=O)Cc1ccc(S)c(Cl)c1.COC(=O)Cc1ccc(SCC(O)COc2ccc(C(F)(F)F)cc2)c(Cl)c1.FC(F)(F)c1ccc(OCC2CO2)cc1.[HH]. The Bertz CT molecular complexity index is 4330. The third kappa shape index (κ3) is 38.1. The van der Waals surface area contributed by atoms with Crippen LogP contribution < -0.4 is 18.9 Å². The van der Waals surface area contributed by atoms with Crippen molar-refractivity contribution in [3.63, 3.8) is 0 Å². The topological polar surface area (TPSA) is 204 Å². The lowest BCUT2D eigenvalue weighted by Gasteiger charge is -2.18. The van der Waals surface area contributed by atoms with Gasteiger partial charge in [-0.05, 0) is 182 Å². The second kappa shape index (κ2) is 48.9. The van der Waals surface area contributed by atoms with Crippen LogP contribution in [0.4, 0.5) is 52.7 Å². The van der Waals surface area contributed by atoms with Crippen LogP contribution in [0.2, 0.25) is 20.1 Å². The number of benzene rings is 8. The van der Waals surface area contributed by atoms with Crippen LogP contribution in [0.3, 0.4) is 0 Å². The summed E-state index contributed by atoms with van der Waals surface area (Å²) in [5, 5.41) is 20.8. The molecule has 4 unspecified atom stereocenters. The van der Waals surface area contributed by atoms with E-state index in [9.17, 15) is 77.0 Å². The number of hydrogen-bond donors (Lipinski definition) is 3. The van der Waals surface area contributed by atoms with Crippen molar-refractivity contribution in [2.75, 3.05) is 84.8 Å². The highest BCUT2D eigenvalue weighted by Crippen LogP contribution is 2.37. The predicted octanol–water partition coefficient (Wildman–Crippen LogP) is 20.9. The summed E-state index contributed by atoms with van der Waals surface area (Å²) in [6.07, 6.45) is -18.4. The van der Waals surface area contributed by atoms with Crippen LogP contribution in [-0.4, -0.2) is 143 Å². The van der Waals surface area contributed by atoms with Gasteiger partial charge in [-0.15, -0.1) is 47.9 Å². The molecule has 1 aliphatic heterocycles. The Hall–Kier alpha value is -7.60. The molecule has 1 aliphatic rings. The van der Waals surface area contributed by atoms with Crippen molar-refractivity contribution in [2.45, 2.75) is 108 Å². The molecule has 9 rings (SSSR count). The highest BCUT2D eigenvalue weighted by atomic mass is 35.5. The van der Waals surface area contributed by atoms with Crippen LogP contribution in [0.5, 0.6) is 23.0 Å². The van der Waals surface area contributed by atoms with Gasteiger partial charge in [0, 0.05) is 51.5 Å². The molecule has 36 heteroatoms. The molecule has 16 nitrogen and oxygen atoms in total. The number of aliphatic hydroxyl groups excluding tert-OH is 1. The minimum atomic E-state index is -4.40. The van der Waals surface area contributed by atoms with Gasteiger partial charge in [0.05, 0.1) is 102 Å². The molecule has 0 aliphatic carbocycles. The molecule has 115 heavy (non-hydrogen) atoms. The number of alkyl halides is 12. The third-order valence-electron chi connectivity index (χ3n) is 15.0. The average Bonchev–Trinajstić information content (AvgIpc) is 1.29. The number of methoxy groups -OCH3 is 3. The van der Waals surface area contributed by atoms with Crippen molar-refractivity contribution in [3.8, 4) is 23.0 Å². The smallest absolute Gasteiger partial charge is 0.416 e. The normalized spacial score (nSPS) is 13.2. The number of rotatable bonds is 33. The number of carboxylic acids is 1. The van der Waals surface area contributed by atoms with E-state index in [-0.39, 0.29) is 94.7 Å². The summed E-state index contributed by atoms with van der Waals surface area (Å²) < 4.78 is 201. The van der Waals surface area contributed by atoms with E-state index in [1.807, 2.05) is 19.9 Å². The molecule has 0 bridgehead atoms. The second-order valence-electron chi connectivity index (χ2n) is 23.9. The van der Waals surface area contributed by atoms with E-state index in [0.717, 1.165) is 74.3 Å². The number of thiol groups is 1. The summed E-state index contributed by atoms with van der Waals surface area (Å²) in [5.74, 6) is 0.720. The van der Waals surface area contributed by atoms with Crippen molar-refractivity contribution in [1.82, 2.24) is 0 Å². The first-order valence-corrected chi connectivity index (χ1v) is 39.1. The largest absolute Gasteiger partial charge is 0.491 e. The number of hydrogen-bond acceptors (Lipinski definition) is 19. The van der Waals surface area contributed by atoms with Gasteiger partial charge in [0.2, 0.25) is 0 Å². The predicted molar refractivity (Wildman–Crippen MR) is 420 cm³/mol. The highest BCUT2D eigenvalue weighted by Gasteiger charge is 2.33. The molecule has 0 aromatic heterocycles. The van der Waals surface area contributed by atoms with Crippen LogP contribution in [0, 0.1) is 0 Å². The number of epoxide rings is 1. The Kier molecular flexibility index (Phi) is 41.7. The van der Waals surface area contributed by atoms with E-state index < -0.39 is 59.0 Å². The van der Waals surface area contributed by atoms with Crippen LogP contribution in [0.1, 0.15) is 59.8 Å². The van der Waals surface area contributed by atoms with E-state index in [1.54, 1.807) is 66.7 Å². The fraction of sp³-hybridized carbons (Fsp3) is 0.342. The second-order valence-corrected chi connectivity index (χ2v) is 29.2. The molecule has 8 aromatic rings. The molecule has 1 heterocycles. The number of thioether (sulfide) groups is 3. The van der Waals surface area contributed by atoms with E-state index in [0.29, 0.717) is 91.3 Å². The maximum absolute atomic E-state index is 12.6. The van der Waals surface area contributed by atoms with Gasteiger partial charge >= 0.3 is 48.6 Å². The number of aliphatic carboxylic acids is 1. The zero-order chi connectivity index (χ0) is 85.1. The fourth-order valence-electron chi connectivity index (χ4n) is 9.11. The number of carboxylic acid groups (broad SMARTS) is 1. The van der Waals surface area contributed by atoms with Crippen LogP contribution >= 0.6 is 94.3 Å².